The fourth-order valence-corrected chi connectivity index (χ4v) is 3.44. The Kier molecular flexibility index (Phi) is 6.57. The highest BCUT2D eigenvalue weighted by molar-refractivity contribution is 7.92. The summed E-state index contributed by atoms with van der Waals surface area (Å²) in [5, 5.41) is 2.65. The Morgan fingerprint density at radius 1 is 1.04 bits per heavy atom. The van der Waals surface area contributed by atoms with Gasteiger partial charge in [0.2, 0.25) is 15.9 Å². The molecule has 1 amide bonds. The van der Waals surface area contributed by atoms with Gasteiger partial charge in [0.05, 0.1) is 18.6 Å². The maximum atomic E-state index is 12.4. The average Bonchev–Trinajstić information content (AvgIpc) is 2.66. The lowest BCUT2D eigenvalue weighted by Crippen LogP contribution is -2.39. The number of carbonyl (C=O) groups excluding carboxylic acids is 2. The third-order valence-corrected chi connectivity index (χ3v) is 5.66. The van der Waals surface area contributed by atoms with E-state index in [9.17, 15) is 18.0 Å². The molecule has 27 heavy (non-hydrogen) atoms. The number of ether oxygens (including phenoxy) is 1. The van der Waals surface area contributed by atoms with Gasteiger partial charge in [-0.05, 0) is 62.4 Å². The molecule has 7 nitrogen and oxygen atoms in total. The van der Waals surface area contributed by atoms with Crippen molar-refractivity contribution in [3.05, 3.63) is 54.1 Å². The number of rotatable bonds is 8. The molecule has 0 bridgehead atoms. The Bertz CT molecular complexity index is 906. The van der Waals surface area contributed by atoms with Crippen molar-refractivity contribution < 1.29 is 22.7 Å². The molecular weight excluding hydrogens is 368 g/mol. The highest BCUT2D eigenvalue weighted by Crippen LogP contribution is 2.22. The Hall–Kier alpha value is -2.87. The summed E-state index contributed by atoms with van der Waals surface area (Å²) in [6, 6.07) is 12.8. The first kappa shape index (κ1) is 20.4. The third kappa shape index (κ3) is 5.30. The summed E-state index contributed by atoms with van der Waals surface area (Å²) in [4.78, 5) is 23.7. The van der Waals surface area contributed by atoms with Gasteiger partial charge in [0.25, 0.3) is 0 Å². The first-order chi connectivity index (χ1) is 12.8. The van der Waals surface area contributed by atoms with E-state index in [4.69, 9.17) is 4.74 Å². The molecule has 0 aromatic heterocycles. The van der Waals surface area contributed by atoms with E-state index in [1.54, 1.807) is 48.5 Å². The van der Waals surface area contributed by atoms with Gasteiger partial charge in [-0.15, -0.1) is 0 Å². The lowest BCUT2D eigenvalue weighted by Gasteiger charge is -2.23. The van der Waals surface area contributed by atoms with Crippen molar-refractivity contribution in [2.24, 2.45) is 0 Å². The Labute approximate surface area is 159 Å². The number of benzene rings is 2. The summed E-state index contributed by atoms with van der Waals surface area (Å²) < 4.78 is 31.0. The van der Waals surface area contributed by atoms with Crippen molar-refractivity contribution in [3.8, 4) is 5.75 Å². The SMILES string of the molecule is CCS(=O)(=O)N(CC(=O)Nc1ccc(C(C)=O)cc1)c1ccc(OC)cc1. The van der Waals surface area contributed by atoms with Crippen LogP contribution in [0.3, 0.4) is 0 Å². The Morgan fingerprint density at radius 3 is 2.11 bits per heavy atom. The molecule has 0 heterocycles. The standard InChI is InChI=1S/C19H22N2O5S/c1-4-27(24,25)21(17-9-11-18(26-3)12-10-17)13-19(23)20-16-7-5-15(6-8-16)14(2)22/h5-12H,4,13H2,1-3H3,(H,20,23). The number of nitrogens with one attached hydrogen (secondary N) is 1. The van der Waals surface area contributed by atoms with Crippen LogP contribution in [-0.2, 0) is 14.8 Å². The normalized spacial score (nSPS) is 10.9. The van der Waals surface area contributed by atoms with Gasteiger partial charge in [-0.25, -0.2) is 8.42 Å². The quantitative estimate of drug-likeness (QED) is 0.700. The van der Waals surface area contributed by atoms with Gasteiger partial charge in [-0.3, -0.25) is 13.9 Å². The number of sulfonamides is 1. The fraction of sp³-hybridized carbons (Fsp3) is 0.263. The second-order valence-corrected chi connectivity index (χ2v) is 7.97. The highest BCUT2D eigenvalue weighted by atomic mass is 32.2. The van der Waals surface area contributed by atoms with Crippen LogP contribution in [0.1, 0.15) is 24.2 Å². The highest BCUT2D eigenvalue weighted by Gasteiger charge is 2.23. The Morgan fingerprint density at radius 2 is 1.63 bits per heavy atom. The van der Waals surface area contributed by atoms with Crippen LogP contribution in [0.4, 0.5) is 11.4 Å². The van der Waals surface area contributed by atoms with E-state index in [0.717, 1.165) is 4.31 Å². The molecule has 2 aromatic carbocycles. The summed E-state index contributed by atoms with van der Waals surface area (Å²) in [6.07, 6.45) is 0. The number of ketones is 1. The van der Waals surface area contributed by atoms with Gasteiger partial charge < -0.3 is 10.1 Å². The molecule has 0 aliphatic rings. The Balaban J connectivity index is 2.18. The van der Waals surface area contributed by atoms with E-state index in [-0.39, 0.29) is 18.1 Å². The zero-order valence-corrected chi connectivity index (χ0v) is 16.2. The van der Waals surface area contributed by atoms with Gasteiger partial charge in [0, 0.05) is 11.3 Å². The molecule has 0 aliphatic heterocycles. The minimum Gasteiger partial charge on any atom is -0.497 e. The number of hydrogen-bond acceptors (Lipinski definition) is 5. The number of amides is 1. The minimum absolute atomic E-state index is 0.0763. The van der Waals surface area contributed by atoms with Gasteiger partial charge >= 0.3 is 0 Å². The van der Waals surface area contributed by atoms with Crippen molar-refractivity contribution in [1.82, 2.24) is 0 Å². The van der Waals surface area contributed by atoms with Crippen LogP contribution in [0.15, 0.2) is 48.5 Å². The molecule has 0 unspecified atom stereocenters. The van der Waals surface area contributed by atoms with Gasteiger partial charge in [0.1, 0.15) is 12.3 Å². The lowest BCUT2D eigenvalue weighted by atomic mass is 10.1. The molecule has 0 aliphatic carbocycles. The van der Waals surface area contributed by atoms with Crippen LogP contribution in [0, 0.1) is 0 Å². The number of nitrogens with zero attached hydrogens (tertiary/aromatic N) is 1. The molecular formula is C19H22N2O5S. The predicted octanol–water partition coefficient (Wildman–Crippen LogP) is 2.69. The zero-order chi connectivity index (χ0) is 20.0. The van der Waals surface area contributed by atoms with Crippen molar-refractivity contribution in [2.45, 2.75) is 13.8 Å². The maximum absolute atomic E-state index is 12.4. The minimum atomic E-state index is -3.65. The first-order valence-electron chi connectivity index (χ1n) is 8.32. The third-order valence-electron chi connectivity index (χ3n) is 3.92. The summed E-state index contributed by atoms with van der Waals surface area (Å²) in [6.45, 7) is 2.61. The maximum Gasteiger partial charge on any atom is 0.245 e. The molecule has 2 aromatic rings. The van der Waals surface area contributed by atoms with Crippen LogP contribution < -0.4 is 14.4 Å². The number of anilines is 2. The molecule has 0 spiro atoms. The molecule has 0 atom stereocenters. The first-order valence-corrected chi connectivity index (χ1v) is 9.93. The van der Waals surface area contributed by atoms with E-state index >= 15 is 0 Å². The molecule has 0 fully saturated rings. The second kappa shape index (κ2) is 8.68. The van der Waals surface area contributed by atoms with Crippen LogP contribution in [0.2, 0.25) is 0 Å². The summed E-state index contributed by atoms with van der Waals surface area (Å²) in [5.41, 5.74) is 1.38. The van der Waals surface area contributed by atoms with Crippen molar-refractivity contribution in [2.75, 3.05) is 29.0 Å². The topological polar surface area (TPSA) is 92.8 Å². The summed E-state index contributed by atoms with van der Waals surface area (Å²) in [7, 11) is -2.14. The average molecular weight is 390 g/mol. The van der Waals surface area contributed by atoms with Crippen LogP contribution in [0.5, 0.6) is 5.75 Å². The molecule has 0 saturated heterocycles. The number of hydrogen-bond donors (Lipinski definition) is 1. The van der Waals surface area contributed by atoms with Gasteiger partial charge in [-0.2, -0.15) is 0 Å². The lowest BCUT2D eigenvalue weighted by molar-refractivity contribution is -0.114. The van der Waals surface area contributed by atoms with Crippen LogP contribution in [-0.4, -0.2) is 39.5 Å². The van der Waals surface area contributed by atoms with Crippen molar-refractivity contribution in [3.63, 3.8) is 0 Å². The van der Waals surface area contributed by atoms with Gasteiger partial charge in [-0.1, -0.05) is 0 Å². The molecule has 1 N–H and O–H groups in total. The van der Waals surface area contributed by atoms with Crippen LogP contribution >= 0.6 is 0 Å². The predicted molar refractivity (Wildman–Crippen MR) is 105 cm³/mol. The van der Waals surface area contributed by atoms with Crippen molar-refractivity contribution in [1.29, 1.82) is 0 Å². The van der Waals surface area contributed by atoms with Gasteiger partial charge in [0.15, 0.2) is 5.78 Å². The number of Topliss-reactive ketones (excluding diaryl/α,β-unsaturated/α-hetero) is 1. The number of carbonyl (C=O) groups is 2. The van der Waals surface area contributed by atoms with E-state index in [1.807, 2.05) is 0 Å². The molecule has 0 radical (unpaired) electrons. The monoisotopic (exact) mass is 390 g/mol. The largest absolute Gasteiger partial charge is 0.497 e. The van der Waals surface area contributed by atoms with E-state index in [1.165, 1.54) is 21.0 Å². The van der Waals surface area contributed by atoms with Crippen molar-refractivity contribution >= 4 is 33.1 Å². The molecule has 144 valence electrons. The fourth-order valence-electron chi connectivity index (χ4n) is 2.37. The molecule has 2 rings (SSSR count). The smallest absolute Gasteiger partial charge is 0.245 e. The molecule has 0 saturated carbocycles. The van der Waals surface area contributed by atoms with E-state index in [2.05, 4.69) is 5.32 Å². The van der Waals surface area contributed by atoms with Crippen LogP contribution in [0.25, 0.3) is 0 Å². The number of methoxy groups -OCH3 is 1. The molecule has 8 heteroatoms. The van der Waals surface area contributed by atoms with E-state index in [0.29, 0.717) is 22.7 Å². The summed E-state index contributed by atoms with van der Waals surface area (Å²) in [5.74, 6) is -0.117. The summed E-state index contributed by atoms with van der Waals surface area (Å²) >= 11 is 0. The van der Waals surface area contributed by atoms with E-state index < -0.39 is 15.9 Å². The zero-order valence-electron chi connectivity index (χ0n) is 15.4. The second-order valence-electron chi connectivity index (χ2n) is 5.79.